The number of aromatic nitrogens is 5. The van der Waals surface area contributed by atoms with Crippen LogP contribution in [0.25, 0.3) is 22.6 Å². The number of nitrogens with zero attached hydrogens (tertiary/aromatic N) is 5. The number of carbonyl (C=O) groups excluding carboxylic acids is 1. The van der Waals surface area contributed by atoms with Crippen LogP contribution in [0.3, 0.4) is 0 Å². The smallest absolute Gasteiger partial charge is 0.298 e. The fourth-order valence-corrected chi connectivity index (χ4v) is 3.62. The Morgan fingerprint density at radius 1 is 1.04 bits per heavy atom. The van der Waals surface area contributed by atoms with Crippen molar-refractivity contribution in [3.8, 4) is 5.69 Å². The molecule has 28 heavy (non-hydrogen) atoms. The Morgan fingerprint density at radius 3 is 2.29 bits per heavy atom. The maximum absolute atomic E-state index is 13.1. The third kappa shape index (κ3) is 2.37. The van der Waals surface area contributed by atoms with Crippen LogP contribution in [0, 0.1) is 20.8 Å². The predicted molar refractivity (Wildman–Crippen MR) is 106 cm³/mol. The quantitative estimate of drug-likeness (QED) is 0.542. The highest BCUT2D eigenvalue weighted by Crippen LogP contribution is 2.24. The standard InChI is InChI=1S/C20H21N5O3/c1-11-6-8-15(9-7-11)24-13(3)14(4)25-16-17(21-19(24)25)22(5)20(28)23(18(16)27)10-12(2)26/h6-9H,10H2,1-5H3. The van der Waals surface area contributed by atoms with E-state index >= 15 is 0 Å². The molecule has 144 valence electrons. The first-order valence-corrected chi connectivity index (χ1v) is 8.98. The second kappa shape index (κ2) is 6.05. The highest BCUT2D eigenvalue weighted by atomic mass is 16.2. The number of aryl methyl sites for hydroxylation is 3. The van der Waals surface area contributed by atoms with Crippen molar-refractivity contribution in [2.75, 3.05) is 0 Å². The predicted octanol–water partition coefficient (Wildman–Crippen LogP) is 1.65. The van der Waals surface area contributed by atoms with Gasteiger partial charge in [0.1, 0.15) is 5.78 Å². The van der Waals surface area contributed by atoms with Gasteiger partial charge in [0.25, 0.3) is 5.56 Å². The minimum absolute atomic E-state index is 0.259. The van der Waals surface area contributed by atoms with Crippen LogP contribution in [0.5, 0.6) is 0 Å². The van der Waals surface area contributed by atoms with E-state index in [0.717, 1.165) is 27.2 Å². The lowest BCUT2D eigenvalue weighted by Gasteiger charge is -2.07. The first-order valence-electron chi connectivity index (χ1n) is 8.98. The summed E-state index contributed by atoms with van der Waals surface area (Å²) >= 11 is 0. The SMILES string of the molecule is CC(=O)Cn1c(=O)c2c(nc3n(-c4ccc(C)cc4)c(C)c(C)n23)n(C)c1=O. The molecule has 0 saturated heterocycles. The molecule has 0 aliphatic carbocycles. The third-order valence-corrected chi connectivity index (χ3v) is 5.19. The molecule has 8 heteroatoms. The van der Waals surface area contributed by atoms with Crippen LogP contribution in [-0.2, 0) is 18.4 Å². The van der Waals surface area contributed by atoms with Crippen molar-refractivity contribution >= 4 is 22.7 Å². The third-order valence-electron chi connectivity index (χ3n) is 5.19. The van der Waals surface area contributed by atoms with E-state index in [0.29, 0.717) is 16.9 Å². The van der Waals surface area contributed by atoms with Gasteiger partial charge in [0, 0.05) is 24.1 Å². The zero-order valence-corrected chi connectivity index (χ0v) is 16.5. The Labute approximate surface area is 160 Å². The molecule has 0 saturated carbocycles. The minimum atomic E-state index is -0.551. The Bertz CT molecular complexity index is 1380. The normalized spacial score (nSPS) is 11.6. The van der Waals surface area contributed by atoms with Crippen molar-refractivity contribution in [3.63, 3.8) is 0 Å². The highest BCUT2D eigenvalue weighted by Gasteiger charge is 2.23. The average Bonchev–Trinajstić information content (AvgIpc) is 3.14. The number of benzene rings is 1. The molecule has 1 aromatic carbocycles. The summed E-state index contributed by atoms with van der Waals surface area (Å²) in [6.07, 6.45) is 0. The lowest BCUT2D eigenvalue weighted by atomic mass is 10.2. The van der Waals surface area contributed by atoms with Gasteiger partial charge in [-0.1, -0.05) is 17.7 Å². The number of ketones is 1. The van der Waals surface area contributed by atoms with E-state index in [1.165, 1.54) is 11.5 Å². The van der Waals surface area contributed by atoms with E-state index < -0.39 is 11.2 Å². The van der Waals surface area contributed by atoms with E-state index in [4.69, 9.17) is 0 Å². The monoisotopic (exact) mass is 379 g/mol. The van der Waals surface area contributed by atoms with E-state index in [1.807, 2.05) is 49.6 Å². The maximum Gasteiger partial charge on any atom is 0.332 e. The number of carbonyl (C=O) groups is 1. The number of rotatable bonds is 3. The molecule has 0 aliphatic heterocycles. The first kappa shape index (κ1) is 18.0. The van der Waals surface area contributed by atoms with E-state index in [9.17, 15) is 14.4 Å². The van der Waals surface area contributed by atoms with E-state index in [-0.39, 0.29) is 12.3 Å². The molecule has 0 unspecified atom stereocenters. The lowest BCUT2D eigenvalue weighted by Crippen LogP contribution is -2.40. The molecule has 4 aromatic rings. The van der Waals surface area contributed by atoms with Gasteiger partial charge < -0.3 is 0 Å². The zero-order valence-electron chi connectivity index (χ0n) is 16.5. The summed E-state index contributed by atoms with van der Waals surface area (Å²) in [7, 11) is 1.56. The molecule has 0 atom stereocenters. The lowest BCUT2D eigenvalue weighted by molar-refractivity contribution is -0.117. The first-order chi connectivity index (χ1) is 13.2. The van der Waals surface area contributed by atoms with Crippen molar-refractivity contribution in [2.24, 2.45) is 7.05 Å². The zero-order chi connectivity index (χ0) is 20.3. The summed E-state index contributed by atoms with van der Waals surface area (Å²) in [4.78, 5) is 41.9. The molecule has 0 fully saturated rings. The number of hydrogen-bond acceptors (Lipinski definition) is 4. The maximum atomic E-state index is 13.1. The van der Waals surface area contributed by atoms with Gasteiger partial charge in [-0.2, -0.15) is 4.98 Å². The van der Waals surface area contributed by atoms with Crippen molar-refractivity contribution in [1.29, 1.82) is 0 Å². The largest absolute Gasteiger partial charge is 0.332 e. The van der Waals surface area contributed by atoms with Crippen LogP contribution in [0.1, 0.15) is 23.9 Å². The molecule has 3 aromatic heterocycles. The van der Waals surface area contributed by atoms with Crippen molar-refractivity contribution < 1.29 is 4.79 Å². The second-order valence-electron chi connectivity index (χ2n) is 7.20. The molecular weight excluding hydrogens is 358 g/mol. The molecule has 8 nitrogen and oxygen atoms in total. The number of fused-ring (bicyclic) bond motifs is 3. The Kier molecular flexibility index (Phi) is 3.88. The number of Topliss-reactive ketones (excluding diaryl/α,β-unsaturated/α-hetero) is 1. The summed E-state index contributed by atoms with van der Waals surface area (Å²) in [6, 6.07) is 8.01. The Hall–Kier alpha value is -3.42. The summed E-state index contributed by atoms with van der Waals surface area (Å²) in [5.41, 5.74) is 3.39. The summed E-state index contributed by atoms with van der Waals surface area (Å²) in [5, 5.41) is 0. The van der Waals surface area contributed by atoms with Crippen LogP contribution in [0.15, 0.2) is 33.9 Å². The van der Waals surface area contributed by atoms with Gasteiger partial charge in [0.05, 0.1) is 6.54 Å². The average molecular weight is 379 g/mol. The summed E-state index contributed by atoms with van der Waals surface area (Å²) in [6.45, 7) is 6.99. The molecule has 4 rings (SSSR count). The molecule has 0 bridgehead atoms. The molecule has 0 spiro atoms. The molecule has 0 N–H and O–H groups in total. The van der Waals surface area contributed by atoms with Crippen LogP contribution < -0.4 is 11.2 Å². The fraction of sp³-hybridized carbons (Fsp3) is 0.300. The minimum Gasteiger partial charge on any atom is -0.298 e. The van der Waals surface area contributed by atoms with Crippen molar-refractivity contribution in [3.05, 3.63) is 62.1 Å². The number of hydrogen-bond donors (Lipinski definition) is 0. The van der Waals surface area contributed by atoms with E-state index in [2.05, 4.69) is 4.98 Å². The molecule has 3 heterocycles. The van der Waals surface area contributed by atoms with Gasteiger partial charge in [0.15, 0.2) is 11.2 Å². The van der Waals surface area contributed by atoms with Crippen molar-refractivity contribution in [2.45, 2.75) is 34.2 Å². The Morgan fingerprint density at radius 2 is 1.68 bits per heavy atom. The van der Waals surface area contributed by atoms with Gasteiger partial charge >= 0.3 is 5.69 Å². The summed E-state index contributed by atoms with van der Waals surface area (Å²) in [5.74, 6) is 0.297. The Balaban J connectivity index is 2.18. The van der Waals surface area contributed by atoms with Gasteiger partial charge in [-0.15, -0.1) is 0 Å². The van der Waals surface area contributed by atoms with Gasteiger partial charge in [-0.25, -0.2) is 4.79 Å². The number of imidazole rings is 2. The van der Waals surface area contributed by atoms with Crippen LogP contribution in [0.4, 0.5) is 0 Å². The van der Waals surface area contributed by atoms with Crippen LogP contribution >= 0.6 is 0 Å². The summed E-state index contributed by atoms with van der Waals surface area (Å²) < 4.78 is 6.02. The van der Waals surface area contributed by atoms with Crippen LogP contribution in [0.2, 0.25) is 0 Å². The van der Waals surface area contributed by atoms with Gasteiger partial charge in [0.2, 0.25) is 5.78 Å². The molecule has 0 radical (unpaired) electrons. The highest BCUT2D eigenvalue weighted by molar-refractivity contribution is 5.79. The molecule has 0 amide bonds. The fourth-order valence-electron chi connectivity index (χ4n) is 3.62. The molecule has 0 aliphatic rings. The van der Waals surface area contributed by atoms with Crippen molar-refractivity contribution in [1.82, 2.24) is 23.1 Å². The van der Waals surface area contributed by atoms with E-state index in [1.54, 1.807) is 11.4 Å². The second-order valence-corrected chi connectivity index (χ2v) is 7.20. The van der Waals surface area contributed by atoms with Crippen LogP contribution in [-0.4, -0.2) is 28.9 Å². The van der Waals surface area contributed by atoms with Gasteiger partial charge in [-0.05, 0) is 39.8 Å². The van der Waals surface area contributed by atoms with Gasteiger partial charge in [-0.3, -0.25) is 27.7 Å². The topological polar surface area (TPSA) is 83.3 Å². The molecular formula is C20H21N5O3.